The van der Waals surface area contributed by atoms with Crippen molar-refractivity contribution in [1.29, 1.82) is 0 Å². The van der Waals surface area contributed by atoms with E-state index in [1.807, 2.05) is 0 Å². The molecule has 7 nitrogen and oxygen atoms in total. The number of nitrogens with zero attached hydrogens (tertiary/aromatic N) is 1. The summed E-state index contributed by atoms with van der Waals surface area (Å²) in [7, 11) is -4.19. The maximum absolute atomic E-state index is 13.6. The molecule has 0 saturated heterocycles. The van der Waals surface area contributed by atoms with Gasteiger partial charge in [-0.05, 0) is 37.4 Å². The molecule has 23 heavy (non-hydrogen) atoms. The lowest BCUT2D eigenvalue weighted by atomic mass is 9.85. The second kappa shape index (κ2) is 8.00. The van der Waals surface area contributed by atoms with E-state index in [-0.39, 0.29) is 24.4 Å². The topological polar surface area (TPSA) is 115 Å². The summed E-state index contributed by atoms with van der Waals surface area (Å²) in [5.74, 6) is -1.19. The number of benzene rings is 1. The predicted molar refractivity (Wildman–Crippen MR) is 85.4 cm³/mol. The Kier molecular flexibility index (Phi) is 6.87. The van der Waals surface area contributed by atoms with Crippen molar-refractivity contribution in [3.05, 3.63) is 34.1 Å². The number of hydrogen-bond donors (Lipinski definition) is 2. The first-order valence-electron chi connectivity index (χ1n) is 7.02. The van der Waals surface area contributed by atoms with Gasteiger partial charge in [0.1, 0.15) is 0 Å². The second-order valence-electron chi connectivity index (χ2n) is 5.35. The van der Waals surface area contributed by atoms with Gasteiger partial charge < -0.3 is 5.73 Å². The molecule has 0 aromatic heterocycles. The Morgan fingerprint density at radius 2 is 2.00 bits per heavy atom. The van der Waals surface area contributed by atoms with Crippen LogP contribution in [0.25, 0.3) is 0 Å². The van der Waals surface area contributed by atoms with Gasteiger partial charge in [0.2, 0.25) is 15.8 Å². The Morgan fingerprint density at radius 1 is 1.35 bits per heavy atom. The van der Waals surface area contributed by atoms with Crippen molar-refractivity contribution in [2.75, 3.05) is 6.54 Å². The smallest absolute Gasteiger partial charge is 0.324 e. The van der Waals surface area contributed by atoms with E-state index >= 15 is 0 Å². The lowest BCUT2D eigenvalue weighted by molar-refractivity contribution is -0.390. The molecule has 0 heterocycles. The molecular formula is C13H19ClFN3O4S. The fourth-order valence-corrected chi connectivity index (χ4v) is 4.32. The van der Waals surface area contributed by atoms with E-state index in [1.54, 1.807) is 0 Å². The van der Waals surface area contributed by atoms with Crippen LogP contribution in [0.3, 0.4) is 0 Å². The number of nitrogens with two attached hydrogens (primary N) is 1. The number of nitro benzene ring substituents is 1. The maximum Gasteiger partial charge on any atom is 0.324 e. The van der Waals surface area contributed by atoms with E-state index in [0.717, 1.165) is 37.5 Å². The van der Waals surface area contributed by atoms with Crippen molar-refractivity contribution in [3.63, 3.8) is 0 Å². The number of para-hydroxylation sites is 1. The molecule has 1 aliphatic rings. The molecule has 0 radical (unpaired) electrons. The summed E-state index contributed by atoms with van der Waals surface area (Å²) in [4.78, 5) is 9.28. The Bertz CT molecular complexity index is 671. The van der Waals surface area contributed by atoms with Crippen LogP contribution in [0.4, 0.5) is 10.1 Å². The van der Waals surface area contributed by atoms with Gasteiger partial charge in [0.25, 0.3) is 0 Å². The molecule has 2 rings (SSSR count). The number of hydrogen-bond acceptors (Lipinski definition) is 5. The normalized spacial score (nSPS) is 21.5. The fraction of sp³-hybridized carbons (Fsp3) is 0.538. The summed E-state index contributed by atoms with van der Waals surface area (Å²) in [5, 5.41) is 11.0. The van der Waals surface area contributed by atoms with Crippen LogP contribution in [0.1, 0.15) is 25.7 Å². The van der Waals surface area contributed by atoms with Gasteiger partial charge in [-0.25, -0.2) is 13.1 Å². The summed E-state index contributed by atoms with van der Waals surface area (Å²) in [5.41, 5.74) is 4.62. The zero-order valence-corrected chi connectivity index (χ0v) is 13.9. The van der Waals surface area contributed by atoms with Crippen molar-refractivity contribution >= 4 is 28.1 Å². The molecule has 0 aliphatic heterocycles. The highest BCUT2D eigenvalue weighted by molar-refractivity contribution is 7.89. The molecule has 1 aromatic carbocycles. The molecule has 3 N–H and O–H groups in total. The molecule has 2 atom stereocenters. The molecule has 0 amide bonds. The van der Waals surface area contributed by atoms with Gasteiger partial charge in [-0.2, -0.15) is 4.39 Å². The van der Waals surface area contributed by atoms with Gasteiger partial charge in [0.15, 0.2) is 4.90 Å². The van der Waals surface area contributed by atoms with Gasteiger partial charge in [-0.1, -0.05) is 18.9 Å². The number of halogens is 2. The highest BCUT2D eigenvalue weighted by atomic mass is 35.5. The minimum atomic E-state index is -4.19. The average Bonchev–Trinajstić information content (AvgIpc) is 2.46. The third-order valence-corrected chi connectivity index (χ3v) is 5.46. The van der Waals surface area contributed by atoms with Crippen molar-refractivity contribution < 1.29 is 17.7 Å². The van der Waals surface area contributed by atoms with E-state index in [9.17, 15) is 22.9 Å². The van der Waals surface area contributed by atoms with Crippen LogP contribution in [-0.4, -0.2) is 25.9 Å². The minimum Gasteiger partial charge on any atom is -0.330 e. The van der Waals surface area contributed by atoms with E-state index < -0.39 is 31.3 Å². The maximum atomic E-state index is 13.6. The Balaban J connectivity index is 0.00000264. The van der Waals surface area contributed by atoms with E-state index in [2.05, 4.69) is 4.72 Å². The highest BCUT2D eigenvalue weighted by Crippen LogP contribution is 2.29. The van der Waals surface area contributed by atoms with Crippen LogP contribution >= 0.6 is 12.4 Å². The summed E-state index contributed by atoms with van der Waals surface area (Å²) in [6.45, 7) is 0.332. The number of nitro groups is 1. The zero-order chi connectivity index (χ0) is 16.3. The molecule has 10 heteroatoms. The van der Waals surface area contributed by atoms with Gasteiger partial charge in [0.05, 0.1) is 4.92 Å². The van der Waals surface area contributed by atoms with Crippen molar-refractivity contribution in [3.8, 4) is 0 Å². The van der Waals surface area contributed by atoms with Crippen LogP contribution < -0.4 is 10.5 Å². The Morgan fingerprint density at radius 3 is 2.61 bits per heavy atom. The molecule has 0 bridgehead atoms. The number of rotatable bonds is 5. The van der Waals surface area contributed by atoms with Gasteiger partial charge in [0, 0.05) is 6.04 Å². The lowest BCUT2D eigenvalue weighted by Crippen LogP contribution is -2.44. The average molecular weight is 368 g/mol. The van der Waals surface area contributed by atoms with Crippen molar-refractivity contribution in [2.24, 2.45) is 11.7 Å². The zero-order valence-electron chi connectivity index (χ0n) is 12.3. The first kappa shape index (κ1) is 19.8. The third-order valence-electron chi connectivity index (χ3n) is 3.94. The van der Waals surface area contributed by atoms with Crippen LogP contribution in [0.2, 0.25) is 0 Å². The van der Waals surface area contributed by atoms with Gasteiger partial charge in [-0.15, -0.1) is 12.4 Å². The van der Waals surface area contributed by atoms with E-state index in [4.69, 9.17) is 5.73 Å². The minimum absolute atomic E-state index is 0. The molecule has 1 fully saturated rings. The molecule has 2 unspecified atom stereocenters. The fourth-order valence-electron chi connectivity index (χ4n) is 2.80. The highest BCUT2D eigenvalue weighted by Gasteiger charge is 2.33. The van der Waals surface area contributed by atoms with Crippen LogP contribution in [0.5, 0.6) is 0 Å². The summed E-state index contributed by atoms with van der Waals surface area (Å²) < 4.78 is 40.9. The first-order valence-corrected chi connectivity index (χ1v) is 8.50. The van der Waals surface area contributed by atoms with Crippen LogP contribution in [0.15, 0.2) is 23.1 Å². The standard InChI is InChI=1S/C13H18FN3O4S.ClH/c14-10-5-3-7-12(13(10)17(18)19)22(20,21)16-11-6-2-1-4-9(11)8-15;/h3,5,7,9,11,16H,1-2,4,6,8,15H2;1H. The van der Waals surface area contributed by atoms with Crippen LogP contribution in [0, 0.1) is 21.8 Å². The number of sulfonamides is 1. The molecular weight excluding hydrogens is 349 g/mol. The van der Waals surface area contributed by atoms with E-state index in [1.165, 1.54) is 0 Å². The van der Waals surface area contributed by atoms with Crippen molar-refractivity contribution in [2.45, 2.75) is 36.6 Å². The summed E-state index contributed by atoms with van der Waals surface area (Å²) in [6, 6.07) is 2.65. The molecule has 130 valence electrons. The van der Waals surface area contributed by atoms with Crippen molar-refractivity contribution in [1.82, 2.24) is 4.72 Å². The third kappa shape index (κ3) is 4.37. The summed E-state index contributed by atoms with van der Waals surface area (Å²) >= 11 is 0. The Hall–Kier alpha value is -1.29. The molecule has 0 spiro atoms. The second-order valence-corrected chi connectivity index (χ2v) is 7.03. The van der Waals surface area contributed by atoms with Gasteiger partial charge in [-0.3, -0.25) is 10.1 Å². The quantitative estimate of drug-likeness (QED) is 0.609. The molecule has 1 aromatic rings. The lowest BCUT2D eigenvalue weighted by Gasteiger charge is -2.30. The predicted octanol–water partition coefficient (Wildman–Crippen LogP) is 1.95. The van der Waals surface area contributed by atoms with E-state index in [0.29, 0.717) is 13.0 Å². The monoisotopic (exact) mass is 367 g/mol. The number of nitrogens with one attached hydrogen (secondary N) is 1. The van der Waals surface area contributed by atoms with Crippen LogP contribution in [-0.2, 0) is 10.0 Å². The SMILES string of the molecule is Cl.NCC1CCCCC1NS(=O)(=O)c1cccc(F)c1[N+](=O)[O-]. The Labute approximate surface area is 140 Å². The first-order chi connectivity index (χ1) is 10.4. The molecule has 1 saturated carbocycles. The largest absolute Gasteiger partial charge is 0.330 e. The van der Waals surface area contributed by atoms with Gasteiger partial charge >= 0.3 is 5.69 Å². The molecule has 1 aliphatic carbocycles. The summed E-state index contributed by atoms with van der Waals surface area (Å²) in [6.07, 6.45) is 3.24.